The molecule has 18 heavy (non-hydrogen) atoms. The quantitative estimate of drug-likeness (QED) is 0.502. The van der Waals surface area contributed by atoms with Crippen LogP contribution in [0.1, 0.15) is 17.5 Å². The molecule has 0 saturated heterocycles. The maximum Gasteiger partial charge on any atom is 0.266 e. The second kappa shape index (κ2) is 4.39. The van der Waals surface area contributed by atoms with Gasteiger partial charge in [0.05, 0.1) is 6.26 Å². The van der Waals surface area contributed by atoms with Crippen molar-refractivity contribution in [3.63, 3.8) is 0 Å². The topological polar surface area (TPSA) is 69.4 Å². The molecule has 1 aliphatic carbocycles. The summed E-state index contributed by atoms with van der Waals surface area (Å²) in [5.41, 5.74) is 6.53. The average molecular weight is 265 g/mol. The van der Waals surface area contributed by atoms with E-state index in [-0.39, 0.29) is 5.92 Å². The summed E-state index contributed by atoms with van der Waals surface area (Å²) in [6.45, 7) is 0. The summed E-state index contributed by atoms with van der Waals surface area (Å²) in [4.78, 5) is 0. The summed E-state index contributed by atoms with van der Waals surface area (Å²) < 4.78 is 27.9. The molecule has 0 amide bonds. The predicted octanol–water partition coefficient (Wildman–Crippen LogP) is 0.970. The third kappa shape index (κ3) is 2.27. The van der Waals surface area contributed by atoms with Crippen LogP contribution in [0.4, 0.5) is 0 Å². The lowest BCUT2D eigenvalue weighted by molar-refractivity contribution is 0.0326. The van der Waals surface area contributed by atoms with Gasteiger partial charge >= 0.3 is 0 Å². The minimum Gasteiger partial charge on any atom is -0.298 e. The monoisotopic (exact) mass is 265 g/mol. The fourth-order valence-corrected chi connectivity index (χ4v) is 3.17. The van der Waals surface area contributed by atoms with E-state index in [4.69, 9.17) is 16.3 Å². The molecule has 0 fully saturated rings. The van der Waals surface area contributed by atoms with E-state index in [1.54, 1.807) is 6.07 Å². The number of nitrogens with two attached hydrogens (primary N) is 1. The van der Waals surface area contributed by atoms with Gasteiger partial charge in [-0.1, -0.05) is 24.3 Å². The van der Waals surface area contributed by atoms with Crippen molar-refractivity contribution in [2.24, 2.45) is 11.7 Å². The first-order chi connectivity index (χ1) is 8.37. The van der Waals surface area contributed by atoms with Crippen molar-refractivity contribution in [1.82, 2.24) is 0 Å². The predicted molar refractivity (Wildman–Crippen MR) is 68.9 cm³/mol. The smallest absolute Gasteiger partial charge is 0.266 e. The lowest BCUT2D eigenvalue weighted by Gasteiger charge is -2.30. The maximum atomic E-state index is 11.4. The van der Waals surface area contributed by atoms with Crippen LogP contribution in [-0.4, -0.2) is 14.7 Å². The molecule has 0 radical (unpaired) electrons. The second-order valence-corrected chi connectivity index (χ2v) is 6.12. The van der Waals surface area contributed by atoms with Gasteiger partial charge < -0.3 is 0 Å². The normalized spacial score (nSPS) is 26.6. The zero-order chi connectivity index (χ0) is 13.4. The number of terminal acetylenes is 1. The van der Waals surface area contributed by atoms with Crippen LogP contribution < -0.4 is 5.73 Å². The largest absolute Gasteiger partial charge is 0.298 e. The van der Waals surface area contributed by atoms with Crippen LogP contribution in [0.3, 0.4) is 0 Å². The first-order valence-electron chi connectivity index (χ1n) is 5.58. The third-order valence-electron chi connectivity index (χ3n) is 3.16. The number of hydrogen-bond donors (Lipinski definition) is 1. The highest BCUT2D eigenvalue weighted by atomic mass is 32.2. The van der Waals surface area contributed by atoms with Crippen molar-refractivity contribution in [2.45, 2.75) is 18.6 Å². The van der Waals surface area contributed by atoms with E-state index < -0.39 is 15.8 Å². The van der Waals surface area contributed by atoms with E-state index in [1.165, 1.54) is 0 Å². The molecule has 96 valence electrons. The van der Waals surface area contributed by atoms with Crippen LogP contribution in [0.2, 0.25) is 0 Å². The Labute approximate surface area is 107 Å². The summed E-state index contributed by atoms with van der Waals surface area (Å²) in [7, 11) is -3.65. The Hall–Kier alpha value is -1.35. The van der Waals surface area contributed by atoms with Gasteiger partial charge in [0, 0.05) is 17.9 Å². The van der Waals surface area contributed by atoms with Gasteiger partial charge in [0.25, 0.3) is 10.1 Å². The highest BCUT2D eigenvalue weighted by Gasteiger charge is 2.46. The molecule has 5 heteroatoms. The SMILES string of the molecule is C#CC[C@H]1Cc2ccccc2C1(N)OS(C)(=O)=O. The highest BCUT2D eigenvalue weighted by Crippen LogP contribution is 2.42. The highest BCUT2D eigenvalue weighted by molar-refractivity contribution is 7.86. The number of rotatable bonds is 3. The van der Waals surface area contributed by atoms with Crippen LogP contribution in [0.5, 0.6) is 0 Å². The lowest BCUT2D eigenvalue weighted by Crippen LogP contribution is -2.45. The molecule has 2 rings (SSSR count). The molecule has 0 heterocycles. The van der Waals surface area contributed by atoms with Crippen LogP contribution in [0.15, 0.2) is 24.3 Å². The van der Waals surface area contributed by atoms with Crippen LogP contribution in [0, 0.1) is 18.3 Å². The van der Waals surface area contributed by atoms with E-state index in [2.05, 4.69) is 5.92 Å². The van der Waals surface area contributed by atoms with Gasteiger partial charge in [-0.15, -0.1) is 12.3 Å². The minimum atomic E-state index is -3.65. The number of fused-ring (bicyclic) bond motifs is 1. The van der Waals surface area contributed by atoms with Crippen molar-refractivity contribution in [3.05, 3.63) is 35.4 Å². The summed E-state index contributed by atoms with van der Waals surface area (Å²) in [6.07, 6.45) is 7.32. The van der Waals surface area contributed by atoms with Crippen LogP contribution >= 0.6 is 0 Å². The van der Waals surface area contributed by atoms with E-state index in [1.807, 2.05) is 18.2 Å². The zero-order valence-corrected chi connectivity index (χ0v) is 10.9. The minimum absolute atomic E-state index is 0.227. The number of benzene rings is 1. The molecule has 0 bridgehead atoms. The first-order valence-corrected chi connectivity index (χ1v) is 7.40. The Balaban J connectivity index is 2.49. The van der Waals surface area contributed by atoms with Gasteiger partial charge in [0.1, 0.15) is 0 Å². The van der Waals surface area contributed by atoms with Crippen molar-refractivity contribution in [3.8, 4) is 12.3 Å². The summed E-state index contributed by atoms with van der Waals surface area (Å²) >= 11 is 0. The molecule has 1 aromatic rings. The van der Waals surface area contributed by atoms with E-state index in [0.29, 0.717) is 18.4 Å². The standard InChI is InChI=1S/C13H15NO3S/c1-3-6-11-9-10-7-4-5-8-12(10)13(11,14)17-18(2,15)16/h1,4-5,7-8,11H,6,9,14H2,2H3/t11-,13?/m0/s1. The number of hydrogen-bond acceptors (Lipinski definition) is 4. The molecule has 0 saturated carbocycles. The third-order valence-corrected chi connectivity index (χ3v) is 3.74. The Morgan fingerprint density at radius 2 is 2.22 bits per heavy atom. The molecule has 0 aliphatic heterocycles. The van der Waals surface area contributed by atoms with E-state index in [0.717, 1.165) is 11.8 Å². The van der Waals surface area contributed by atoms with Gasteiger partial charge in [0.15, 0.2) is 5.72 Å². The molecule has 0 spiro atoms. The fourth-order valence-electron chi connectivity index (χ4n) is 2.45. The van der Waals surface area contributed by atoms with Gasteiger partial charge in [-0.25, -0.2) is 4.18 Å². The summed E-state index contributed by atoms with van der Waals surface area (Å²) in [6, 6.07) is 7.40. The Morgan fingerprint density at radius 1 is 1.56 bits per heavy atom. The molecule has 0 aromatic heterocycles. The van der Waals surface area contributed by atoms with Crippen molar-refractivity contribution in [1.29, 1.82) is 0 Å². The molecule has 1 aromatic carbocycles. The maximum absolute atomic E-state index is 11.4. The Kier molecular flexibility index (Phi) is 3.20. The summed E-state index contributed by atoms with van der Waals surface area (Å²) in [5, 5.41) is 0. The molecule has 1 aliphatic rings. The fraction of sp³-hybridized carbons (Fsp3) is 0.385. The van der Waals surface area contributed by atoms with E-state index in [9.17, 15) is 8.42 Å². The van der Waals surface area contributed by atoms with Crippen molar-refractivity contribution >= 4 is 10.1 Å². The lowest BCUT2D eigenvalue weighted by atomic mass is 9.94. The molecule has 1 unspecified atom stereocenters. The van der Waals surface area contributed by atoms with Crippen LogP contribution in [-0.2, 0) is 26.4 Å². The molecular formula is C13H15NO3S. The first kappa shape index (κ1) is 13.1. The summed E-state index contributed by atoms with van der Waals surface area (Å²) in [5.74, 6) is 2.30. The van der Waals surface area contributed by atoms with Gasteiger partial charge in [-0.2, -0.15) is 8.42 Å². The molecule has 2 N–H and O–H groups in total. The van der Waals surface area contributed by atoms with Gasteiger partial charge in [-0.05, 0) is 12.0 Å². The van der Waals surface area contributed by atoms with E-state index >= 15 is 0 Å². The second-order valence-electron chi connectivity index (χ2n) is 4.55. The zero-order valence-electron chi connectivity index (χ0n) is 10.1. The molecule has 2 atom stereocenters. The average Bonchev–Trinajstić information content (AvgIpc) is 2.51. The van der Waals surface area contributed by atoms with Crippen LogP contribution in [0.25, 0.3) is 0 Å². The Morgan fingerprint density at radius 3 is 2.83 bits per heavy atom. The van der Waals surface area contributed by atoms with Gasteiger partial charge in [-0.3, -0.25) is 5.73 Å². The Bertz CT molecular complexity index is 603. The van der Waals surface area contributed by atoms with Crippen molar-refractivity contribution in [2.75, 3.05) is 6.26 Å². The van der Waals surface area contributed by atoms with Gasteiger partial charge in [0.2, 0.25) is 0 Å². The van der Waals surface area contributed by atoms with Crippen molar-refractivity contribution < 1.29 is 12.6 Å². The molecule has 4 nitrogen and oxygen atoms in total. The molecular weight excluding hydrogens is 250 g/mol.